The van der Waals surface area contributed by atoms with Gasteiger partial charge in [-0.2, -0.15) is 5.10 Å². The summed E-state index contributed by atoms with van der Waals surface area (Å²) in [6.45, 7) is 3.26. The van der Waals surface area contributed by atoms with Crippen molar-refractivity contribution in [2.24, 2.45) is 0 Å². The minimum atomic E-state index is 0.0530. The lowest BCUT2D eigenvalue weighted by molar-refractivity contribution is 0.0771. The number of amides is 1. The van der Waals surface area contributed by atoms with Crippen molar-refractivity contribution in [2.45, 2.75) is 32.1 Å². The second-order valence-corrected chi connectivity index (χ2v) is 9.30. The molecule has 33 heavy (non-hydrogen) atoms. The van der Waals surface area contributed by atoms with E-state index in [2.05, 4.69) is 27.2 Å². The van der Waals surface area contributed by atoms with Gasteiger partial charge in [0.15, 0.2) is 0 Å². The van der Waals surface area contributed by atoms with Crippen molar-refractivity contribution >= 4 is 34.1 Å². The number of H-pyrrole nitrogens is 1. The van der Waals surface area contributed by atoms with Gasteiger partial charge in [0.2, 0.25) is 0 Å². The Kier molecular flexibility index (Phi) is 4.84. The lowest BCUT2D eigenvalue weighted by Gasteiger charge is -2.26. The number of nitrogens with zero attached hydrogens (tertiary/aromatic N) is 4. The van der Waals surface area contributed by atoms with Crippen molar-refractivity contribution in [3.8, 4) is 5.69 Å². The second kappa shape index (κ2) is 7.89. The first-order chi connectivity index (χ1) is 16.1. The monoisotopic (exact) mass is 457 g/mol. The third-order valence-electron chi connectivity index (χ3n) is 6.69. The standard InChI is InChI=1S/C26H24ClN5O/c1-16-4-7-19(13-23(16)27)32-24(18-5-6-18)22(15-30-32)26(33)31-11-8-17(9-12-31)21-14-29-25-20(21)3-2-10-28-25/h2-4,7-8,10,13-15,18H,5-6,9,11-12H2,1H3,(H,28,29). The van der Waals surface area contributed by atoms with E-state index in [1.807, 2.05) is 47.0 Å². The molecule has 1 N–H and O–H groups in total. The van der Waals surface area contributed by atoms with Gasteiger partial charge in [0.25, 0.3) is 5.91 Å². The van der Waals surface area contributed by atoms with Crippen LogP contribution in [0.15, 0.2) is 55.0 Å². The molecule has 6 nitrogen and oxygen atoms in total. The zero-order valence-corrected chi connectivity index (χ0v) is 19.1. The molecule has 0 atom stereocenters. The van der Waals surface area contributed by atoms with E-state index in [1.54, 1.807) is 12.4 Å². The fourth-order valence-electron chi connectivity index (χ4n) is 4.68. The summed E-state index contributed by atoms with van der Waals surface area (Å²) >= 11 is 6.37. The average Bonchev–Trinajstić information content (AvgIpc) is 3.44. The Bertz CT molecular complexity index is 1410. The van der Waals surface area contributed by atoms with E-state index in [-0.39, 0.29) is 5.91 Å². The Morgan fingerprint density at radius 2 is 2.12 bits per heavy atom. The molecule has 1 amide bonds. The molecule has 2 aliphatic rings. The minimum absolute atomic E-state index is 0.0530. The number of halogens is 1. The Labute approximate surface area is 196 Å². The fraction of sp³-hybridized carbons (Fsp3) is 0.269. The molecule has 0 saturated heterocycles. The predicted octanol–water partition coefficient (Wildman–Crippen LogP) is 5.52. The van der Waals surface area contributed by atoms with Crippen LogP contribution in [0.2, 0.25) is 5.02 Å². The smallest absolute Gasteiger partial charge is 0.257 e. The highest BCUT2D eigenvalue weighted by Crippen LogP contribution is 2.43. The van der Waals surface area contributed by atoms with E-state index in [0.29, 0.717) is 29.6 Å². The number of hydrogen-bond donors (Lipinski definition) is 1. The molecule has 4 aromatic rings. The van der Waals surface area contributed by atoms with Gasteiger partial charge >= 0.3 is 0 Å². The fourth-order valence-corrected chi connectivity index (χ4v) is 4.86. The molecule has 3 aromatic heterocycles. The first kappa shape index (κ1) is 20.2. The average molecular weight is 458 g/mol. The quantitative estimate of drug-likeness (QED) is 0.439. The number of fused-ring (bicyclic) bond motifs is 1. The van der Waals surface area contributed by atoms with Crippen molar-refractivity contribution in [1.29, 1.82) is 0 Å². The molecule has 4 heterocycles. The highest BCUT2D eigenvalue weighted by Gasteiger charge is 2.34. The molecule has 0 spiro atoms. The molecule has 1 saturated carbocycles. The molecule has 7 heteroatoms. The van der Waals surface area contributed by atoms with Gasteiger partial charge in [0.1, 0.15) is 5.65 Å². The lowest BCUT2D eigenvalue weighted by Crippen LogP contribution is -2.35. The first-order valence-corrected chi connectivity index (χ1v) is 11.7. The highest BCUT2D eigenvalue weighted by molar-refractivity contribution is 6.31. The molecule has 0 unspecified atom stereocenters. The largest absolute Gasteiger partial charge is 0.346 e. The maximum atomic E-state index is 13.5. The summed E-state index contributed by atoms with van der Waals surface area (Å²) in [5, 5.41) is 6.44. The minimum Gasteiger partial charge on any atom is -0.346 e. The molecule has 1 aliphatic heterocycles. The van der Waals surface area contributed by atoms with Crippen LogP contribution in [-0.2, 0) is 0 Å². The van der Waals surface area contributed by atoms with Crippen molar-refractivity contribution < 1.29 is 4.79 Å². The van der Waals surface area contributed by atoms with Crippen molar-refractivity contribution in [2.75, 3.05) is 13.1 Å². The number of carbonyl (C=O) groups excluding carboxylic acids is 1. The summed E-state index contributed by atoms with van der Waals surface area (Å²) in [5.41, 5.74) is 6.97. The van der Waals surface area contributed by atoms with Crippen molar-refractivity contribution in [3.63, 3.8) is 0 Å². The van der Waals surface area contributed by atoms with Crippen LogP contribution in [0.1, 0.15) is 52.4 Å². The molecule has 1 aromatic carbocycles. The summed E-state index contributed by atoms with van der Waals surface area (Å²) in [4.78, 5) is 23.1. The normalized spacial score (nSPS) is 16.3. The Balaban J connectivity index is 1.28. The summed E-state index contributed by atoms with van der Waals surface area (Å²) in [6.07, 6.45) is 10.7. The third kappa shape index (κ3) is 3.55. The van der Waals surface area contributed by atoms with E-state index in [9.17, 15) is 4.79 Å². The zero-order chi connectivity index (χ0) is 22.5. The van der Waals surface area contributed by atoms with Crippen LogP contribution < -0.4 is 0 Å². The van der Waals surface area contributed by atoms with Gasteiger partial charge in [-0.15, -0.1) is 0 Å². The Hall–Kier alpha value is -3.38. The number of nitrogens with one attached hydrogen (secondary N) is 1. The molecule has 1 aliphatic carbocycles. The molecule has 6 rings (SSSR count). The number of aryl methyl sites for hydroxylation is 1. The van der Waals surface area contributed by atoms with Crippen LogP contribution in [0.4, 0.5) is 0 Å². The number of hydrogen-bond acceptors (Lipinski definition) is 3. The molecule has 166 valence electrons. The van der Waals surface area contributed by atoms with Gasteiger partial charge in [-0.3, -0.25) is 4.79 Å². The molecular formula is C26H24ClN5O. The van der Waals surface area contributed by atoms with Gasteiger partial charge in [-0.05, 0) is 61.6 Å². The Morgan fingerprint density at radius 3 is 2.88 bits per heavy atom. The number of benzene rings is 1. The molecule has 0 bridgehead atoms. The summed E-state index contributed by atoms with van der Waals surface area (Å²) in [5.74, 6) is 0.429. The van der Waals surface area contributed by atoms with Crippen molar-refractivity contribution in [1.82, 2.24) is 24.6 Å². The van der Waals surface area contributed by atoms with Gasteiger partial charge in [0, 0.05) is 47.4 Å². The third-order valence-corrected chi connectivity index (χ3v) is 7.10. The summed E-state index contributed by atoms with van der Waals surface area (Å²) < 4.78 is 1.90. The number of rotatable bonds is 4. The lowest BCUT2D eigenvalue weighted by atomic mass is 9.99. The maximum Gasteiger partial charge on any atom is 0.257 e. The van der Waals surface area contributed by atoms with Crippen LogP contribution in [-0.4, -0.2) is 43.6 Å². The van der Waals surface area contributed by atoms with Crippen molar-refractivity contribution in [3.05, 3.63) is 82.4 Å². The van der Waals surface area contributed by atoms with E-state index >= 15 is 0 Å². The maximum absolute atomic E-state index is 13.5. The summed E-state index contributed by atoms with van der Waals surface area (Å²) in [7, 11) is 0. The highest BCUT2D eigenvalue weighted by atomic mass is 35.5. The first-order valence-electron chi connectivity index (χ1n) is 11.4. The zero-order valence-electron chi connectivity index (χ0n) is 18.4. The topological polar surface area (TPSA) is 66.8 Å². The van der Waals surface area contributed by atoms with E-state index < -0.39 is 0 Å². The van der Waals surface area contributed by atoms with Crippen LogP contribution in [0, 0.1) is 6.92 Å². The molecule has 0 radical (unpaired) electrons. The van der Waals surface area contributed by atoms with Crippen LogP contribution >= 0.6 is 11.6 Å². The number of pyridine rings is 1. The number of aromatic nitrogens is 4. The van der Waals surface area contributed by atoms with Gasteiger partial charge < -0.3 is 9.88 Å². The summed E-state index contributed by atoms with van der Waals surface area (Å²) in [6, 6.07) is 9.97. The molecule has 1 fully saturated rings. The SMILES string of the molecule is Cc1ccc(-n2ncc(C(=O)N3CC=C(c4c[nH]c5ncccc45)CC3)c2C2CC2)cc1Cl. The van der Waals surface area contributed by atoms with Crippen LogP contribution in [0.5, 0.6) is 0 Å². The van der Waals surface area contributed by atoms with E-state index in [1.165, 1.54) is 11.1 Å². The van der Waals surface area contributed by atoms with Crippen LogP contribution in [0.3, 0.4) is 0 Å². The van der Waals surface area contributed by atoms with E-state index in [0.717, 1.165) is 47.2 Å². The molecular weight excluding hydrogens is 434 g/mol. The number of aromatic amines is 1. The van der Waals surface area contributed by atoms with Gasteiger partial charge in [-0.25, -0.2) is 9.67 Å². The number of carbonyl (C=O) groups is 1. The Morgan fingerprint density at radius 1 is 1.24 bits per heavy atom. The van der Waals surface area contributed by atoms with Gasteiger partial charge in [0.05, 0.1) is 23.1 Å². The second-order valence-electron chi connectivity index (χ2n) is 8.90. The van der Waals surface area contributed by atoms with Gasteiger partial charge in [-0.1, -0.05) is 23.7 Å². The predicted molar refractivity (Wildman–Crippen MR) is 130 cm³/mol. The van der Waals surface area contributed by atoms with Crippen LogP contribution in [0.25, 0.3) is 22.3 Å². The van der Waals surface area contributed by atoms with E-state index in [4.69, 9.17) is 11.6 Å².